The van der Waals surface area contributed by atoms with Crippen molar-refractivity contribution in [3.05, 3.63) is 144 Å². The van der Waals surface area contributed by atoms with E-state index < -0.39 is 5.41 Å². The van der Waals surface area contributed by atoms with Gasteiger partial charge in [-0.3, -0.25) is 9.59 Å². The molecule has 234 valence electrons. The van der Waals surface area contributed by atoms with Gasteiger partial charge in [0, 0.05) is 10.5 Å². The van der Waals surface area contributed by atoms with Gasteiger partial charge in [-0.15, -0.1) is 0 Å². The molecule has 0 bridgehead atoms. The third-order valence-electron chi connectivity index (χ3n) is 8.83. The van der Waals surface area contributed by atoms with Crippen molar-refractivity contribution in [3.63, 3.8) is 0 Å². The van der Waals surface area contributed by atoms with Crippen LogP contribution < -0.4 is 9.47 Å². The van der Waals surface area contributed by atoms with Gasteiger partial charge in [0.05, 0.1) is 18.3 Å². The fraction of sp³-hybridized carbons (Fsp3) is 0.171. The van der Waals surface area contributed by atoms with Gasteiger partial charge in [0.15, 0.2) is 0 Å². The van der Waals surface area contributed by atoms with E-state index in [1.54, 1.807) is 0 Å². The van der Waals surface area contributed by atoms with Crippen molar-refractivity contribution in [1.82, 2.24) is 0 Å². The summed E-state index contributed by atoms with van der Waals surface area (Å²) in [6.45, 7) is 3.74. The summed E-state index contributed by atoms with van der Waals surface area (Å²) in [5, 5.41) is 3.94. The molecule has 0 radical (unpaired) electrons. The summed E-state index contributed by atoms with van der Waals surface area (Å²) < 4.78 is 11.2. The molecular formula is C41H34O4S2. The van der Waals surface area contributed by atoms with Crippen molar-refractivity contribution in [2.24, 2.45) is 0 Å². The molecule has 4 nitrogen and oxygen atoms in total. The largest absolute Gasteiger partial charge is 0.426 e. The van der Waals surface area contributed by atoms with E-state index in [4.69, 9.17) is 9.47 Å². The summed E-state index contributed by atoms with van der Waals surface area (Å²) in [5.41, 5.74) is 6.56. The molecule has 0 amide bonds. The molecule has 0 fully saturated rings. The lowest BCUT2D eigenvalue weighted by Crippen LogP contribution is -2.28. The number of benzene rings is 6. The fourth-order valence-corrected chi connectivity index (χ4v) is 7.19. The minimum Gasteiger partial charge on any atom is -0.426 e. The molecule has 1 aliphatic carbocycles. The number of rotatable bonds is 8. The smallest absolute Gasteiger partial charge is 0.312 e. The molecule has 6 aromatic carbocycles. The lowest BCUT2D eigenvalue weighted by molar-refractivity contribution is -0.135. The third-order valence-corrected chi connectivity index (χ3v) is 9.19. The van der Waals surface area contributed by atoms with Crippen LogP contribution in [0.1, 0.15) is 48.9 Å². The van der Waals surface area contributed by atoms with Crippen molar-refractivity contribution < 1.29 is 19.1 Å². The predicted octanol–water partition coefficient (Wildman–Crippen LogP) is 9.58. The van der Waals surface area contributed by atoms with E-state index in [0.717, 1.165) is 32.7 Å². The van der Waals surface area contributed by atoms with Crippen molar-refractivity contribution in [2.75, 3.05) is 0 Å². The van der Waals surface area contributed by atoms with Crippen molar-refractivity contribution >= 4 is 58.7 Å². The second kappa shape index (κ2) is 12.6. The Hall–Kier alpha value is -4.52. The van der Waals surface area contributed by atoms with Crippen molar-refractivity contribution in [3.8, 4) is 22.6 Å². The Bertz CT molecular complexity index is 2010. The third kappa shape index (κ3) is 5.81. The van der Waals surface area contributed by atoms with Crippen LogP contribution in [0.5, 0.6) is 11.5 Å². The Balaban J connectivity index is 1.37. The Morgan fingerprint density at radius 2 is 0.936 bits per heavy atom. The number of thiol groups is 2. The van der Waals surface area contributed by atoms with Gasteiger partial charge < -0.3 is 9.47 Å². The lowest BCUT2D eigenvalue weighted by Gasteiger charge is -2.34. The molecule has 0 heterocycles. The number of hydrogen-bond acceptors (Lipinski definition) is 6. The Kier molecular flexibility index (Phi) is 8.33. The molecule has 6 aromatic rings. The highest BCUT2D eigenvalue weighted by molar-refractivity contribution is 7.81. The molecule has 6 heteroatoms. The predicted molar refractivity (Wildman–Crippen MR) is 196 cm³/mol. The van der Waals surface area contributed by atoms with E-state index >= 15 is 0 Å². The maximum Gasteiger partial charge on any atom is 0.312 e. The van der Waals surface area contributed by atoms with E-state index in [9.17, 15) is 9.59 Å². The molecule has 2 unspecified atom stereocenters. The number of carbonyl (C=O) groups is 2. The average Bonchev–Trinajstić information content (AvgIpc) is 3.35. The molecule has 1 aliphatic rings. The molecule has 0 saturated carbocycles. The molecule has 0 saturated heterocycles. The maximum atomic E-state index is 12.3. The summed E-state index contributed by atoms with van der Waals surface area (Å²) in [5.74, 6) is 0.455. The van der Waals surface area contributed by atoms with Crippen LogP contribution in [0.15, 0.2) is 121 Å². The van der Waals surface area contributed by atoms with Gasteiger partial charge in [-0.1, -0.05) is 98.8 Å². The minimum absolute atomic E-state index is 0.0689. The summed E-state index contributed by atoms with van der Waals surface area (Å²) in [6.07, 6.45) is 0.490. The fourth-order valence-electron chi connectivity index (χ4n) is 6.89. The Morgan fingerprint density at radius 3 is 1.36 bits per heavy atom. The zero-order valence-corrected chi connectivity index (χ0v) is 27.9. The van der Waals surface area contributed by atoms with Crippen LogP contribution in [0.25, 0.3) is 32.7 Å². The van der Waals surface area contributed by atoms with E-state index in [1.165, 1.54) is 22.3 Å². The summed E-state index contributed by atoms with van der Waals surface area (Å²) in [4.78, 5) is 24.6. The van der Waals surface area contributed by atoms with Crippen LogP contribution in [0.4, 0.5) is 0 Å². The van der Waals surface area contributed by atoms with Crippen molar-refractivity contribution in [2.45, 2.75) is 42.6 Å². The standard InChI is InChI=1S/C41H34O4S2/c1-25(46)19-39(42)44-33-17-13-27-21-31(15-11-29(27)23-33)41(37-9-5-3-7-35(37)36-8-4-6-10-38(36)41)32-16-12-30-24-34(18-14-28(30)22-32)45-40(43)20-26(2)47/h3-18,21-26,46-47H,19-20H2,1-2H3. The van der Waals surface area contributed by atoms with Crippen LogP contribution in [0, 0.1) is 0 Å². The number of hydrogen-bond donors (Lipinski definition) is 2. The van der Waals surface area contributed by atoms with Crippen LogP contribution in [0.2, 0.25) is 0 Å². The van der Waals surface area contributed by atoms with Crippen molar-refractivity contribution in [1.29, 1.82) is 0 Å². The van der Waals surface area contributed by atoms with Gasteiger partial charge in [-0.25, -0.2) is 0 Å². The van der Waals surface area contributed by atoms with E-state index in [-0.39, 0.29) is 35.3 Å². The Labute approximate surface area is 285 Å². The van der Waals surface area contributed by atoms with Crippen LogP contribution >= 0.6 is 25.3 Å². The highest BCUT2D eigenvalue weighted by atomic mass is 32.1. The molecule has 0 aliphatic heterocycles. The molecule has 7 rings (SSSR count). The molecular weight excluding hydrogens is 621 g/mol. The highest BCUT2D eigenvalue weighted by Gasteiger charge is 2.46. The maximum absolute atomic E-state index is 12.3. The van der Waals surface area contributed by atoms with Crippen LogP contribution in [0.3, 0.4) is 0 Å². The normalized spacial score (nSPS) is 14.3. The zero-order chi connectivity index (χ0) is 32.7. The second-order valence-electron chi connectivity index (χ2n) is 12.3. The van der Waals surface area contributed by atoms with Gasteiger partial charge in [0.2, 0.25) is 0 Å². The molecule has 47 heavy (non-hydrogen) atoms. The van der Waals surface area contributed by atoms with Gasteiger partial charge in [-0.2, -0.15) is 25.3 Å². The summed E-state index contributed by atoms with van der Waals surface area (Å²) in [6, 6.07) is 42.0. The number of fused-ring (bicyclic) bond motifs is 5. The lowest BCUT2D eigenvalue weighted by atomic mass is 9.67. The zero-order valence-electron chi connectivity index (χ0n) is 26.1. The number of ether oxygens (including phenoxy) is 2. The van der Waals surface area contributed by atoms with Gasteiger partial charge >= 0.3 is 11.9 Å². The number of carbonyl (C=O) groups excluding carboxylic acids is 2. The topological polar surface area (TPSA) is 52.6 Å². The Morgan fingerprint density at radius 1 is 0.553 bits per heavy atom. The highest BCUT2D eigenvalue weighted by Crippen LogP contribution is 2.56. The number of esters is 2. The first kappa shape index (κ1) is 31.1. The van der Waals surface area contributed by atoms with E-state index in [0.29, 0.717) is 11.5 Å². The first-order valence-corrected chi connectivity index (χ1v) is 16.8. The van der Waals surface area contributed by atoms with Gasteiger partial charge in [0.25, 0.3) is 0 Å². The van der Waals surface area contributed by atoms with E-state index in [2.05, 4.69) is 110 Å². The molecule has 0 aromatic heterocycles. The first-order chi connectivity index (χ1) is 22.7. The average molecular weight is 655 g/mol. The van der Waals surface area contributed by atoms with Crippen LogP contribution in [-0.2, 0) is 15.0 Å². The van der Waals surface area contributed by atoms with Gasteiger partial charge in [-0.05, 0) is 91.3 Å². The minimum atomic E-state index is -0.586. The quantitative estimate of drug-likeness (QED) is 0.0974. The monoisotopic (exact) mass is 654 g/mol. The van der Waals surface area contributed by atoms with E-state index in [1.807, 2.05) is 50.2 Å². The summed E-state index contributed by atoms with van der Waals surface area (Å²) in [7, 11) is 0. The first-order valence-electron chi connectivity index (χ1n) is 15.8. The SMILES string of the molecule is CC(S)CC(=O)Oc1ccc2cc(C3(c4ccc5cc(OC(=O)CC(C)S)ccc5c4)c4ccccc4-c4ccccc43)ccc2c1. The van der Waals surface area contributed by atoms with Gasteiger partial charge in [0.1, 0.15) is 11.5 Å². The molecule has 0 N–H and O–H groups in total. The summed E-state index contributed by atoms with van der Waals surface area (Å²) >= 11 is 8.64. The van der Waals surface area contributed by atoms with Crippen LogP contribution in [-0.4, -0.2) is 22.4 Å². The molecule has 0 spiro atoms. The second-order valence-corrected chi connectivity index (χ2v) is 14.1. The molecule has 2 atom stereocenters.